The van der Waals surface area contributed by atoms with E-state index in [1.165, 1.54) is 44.5 Å². The van der Waals surface area contributed by atoms with Gasteiger partial charge in [-0.25, -0.2) is 0 Å². The van der Waals surface area contributed by atoms with E-state index >= 15 is 0 Å². The highest BCUT2D eigenvalue weighted by atomic mass is 16.5. The summed E-state index contributed by atoms with van der Waals surface area (Å²) in [5.74, 6) is 1.76. The molecule has 2 aliphatic rings. The summed E-state index contributed by atoms with van der Waals surface area (Å²) in [4.78, 5) is 2.33. The third-order valence-electron chi connectivity index (χ3n) is 10.5. The molecular formula is C49H33NO. The second-order valence-corrected chi connectivity index (χ2v) is 13.3. The van der Waals surface area contributed by atoms with Crippen molar-refractivity contribution in [1.82, 2.24) is 0 Å². The Morgan fingerprint density at radius 3 is 1.53 bits per heavy atom. The van der Waals surface area contributed by atoms with Gasteiger partial charge in [0.15, 0.2) is 0 Å². The minimum Gasteiger partial charge on any atom is -0.457 e. The van der Waals surface area contributed by atoms with Gasteiger partial charge >= 0.3 is 0 Å². The second kappa shape index (κ2) is 11.8. The maximum absolute atomic E-state index is 6.88. The normalized spacial score (nSPS) is 13.0. The molecule has 0 amide bonds. The lowest BCUT2D eigenvalue weighted by Gasteiger charge is -2.40. The van der Waals surface area contributed by atoms with Gasteiger partial charge in [0.05, 0.1) is 5.41 Å². The Kier molecular flexibility index (Phi) is 6.75. The van der Waals surface area contributed by atoms with Crippen LogP contribution in [0.25, 0.3) is 33.4 Å². The number of benzene rings is 8. The van der Waals surface area contributed by atoms with E-state index in [9.17, 15) is 0 Å². The van der Waals surface area contributed by atoms with E-state index in [0.29, 0.717) is 0 Å². The molecule has 1 aliphatic heterocycles. The Labute approximate surface area is 298 Å². The molecule has 8 aromatic rings. The summed E-state index contributed by atoms with van der Waals surface area (Å²) >= 11 is 0. The van der Waals surface area contributed by atoms with Crippen LogP contribution in [0, 0.1) is 0 Å². The molecule has 0 aromatic heterocycles. The summed E-state index contributed by atoms with van der Waals surface area (Å²) in [5, 5.41) is 0. The fourth-order valence-corrected chi connectivity index (χ4v) is 8.35. The summed E-state index contributed by atoms with van der Waals surface area (Å²) < 4.78 is 6.88. The van der Waals surface area contributed by atoms with Crippen molar-refractivity contribution < 1.29 is 4.74 Å². The molecule has 0 bridgehead atoms. The van der Waals surface area contributed by atoms with Gasteiger partial charge in [-0.1, -0.05) is 152 Å². The maximum Gasteiger partial charge on any atom is 0.134 e. The summed E-state index contributed by atoms with van der Waals surface area (Å²) in [6.07, 6.45) is 0. The average Bonchev–Trinajstić information content (AvgIpc) is 3.50. The van der Waals surface area contributed by atoms with Gasteiger partial charge in [-0.15, -0.1) is 0 Å². The van der Waals surface area contributed by atoms with Crippen LogP contribution in [0.15, 0.2) is 200 Å². The largest absolute Gasteiger partial charge is 0.457 e. The minimum absolute atomic E-state index is 0.489. The van der Waals surface area contributed by atoms with E-state index in [0.717, 1.165) is 39.7 Å². The minimum atomic E-state index is -0.489. The Morgan fingerprint density at radius 2 is 0.804 bits per heavy atom. The predicted molar refractivity (Wildman–Crippen MR) is 209 cm³/mol. The summed E-state index contributed by atoms with van der Waals surface area (Å²) in [6.45, 7) is 0. The molecule has 0 N–H and O–H groups in total. The van der Waals surface area contributed by atoms with Gasteiger partial charge in [0, 0.05) is 34.3 Å². The maximum atomic E-state index is 6.88. The third-order valence-corrected chi connectivity index (χ3v) is 10.5. The van der Waals surface area contributed by atoms with Crippen LogP contribution in [0.3, 0.4) is 0 Å². The van der Waals surface area contributed by atoms with E-state index in [4.69, 9.17) is 4.74 Å². The first-order valence-corrected chi connectivity index (χ1v) is 17.5. The second-order valence-electron chi connectivity index (χ2n) is 13.3. The third kappa shape index (κ3) is 4.57. The van der Waals surface area contributed by atoms with Gasteiger partial charge in [-0.2, -0.15) is 0 Å². The lowest BCUT2D eigenvalue weighted by Crippen LogP contribution is -2.32. The molecule has 0 saturated carbocycles. The molecule has 0 atom stereocenters. The fraction of sp³-hybridized carbons (Fsp3) is 0.0204. The van der Waals surface area contributed by atoms with Gasteiger partial charge in [0.2, 0.25) is 0 Å². The van der Waals surface area contributed by atoms with E-state index in [1.807, 2.05) is 0 Å². The van der Waals surface area contributed by atoms with Crippen LogP contribution in [0.1, 0.15) is 22.3 Å². The van der Waals surface area contributed by atoms with Gasteiger partial charge in [0.25, 0.3) is 0 Å². The van der Waals surface area contributed by atoms with Crippen molar-refractivity contribution in [3.05, 3.63) is 222 Å². The fourth-order valence-electron chi connectivity index (χ4n) is 8.35. The topological polar surface area (TPSA) is 12.5 Å². The highest BCUT2D eigenvalue weighted by molar-refractivity contribution is 5.89. The number of hydrogen-bond donors (Lipinski definition) is 0. The molecule has 0 saturated heterocycles. The Balaban J connectivity index is 1.14. The average molecular weight is 652 g/mol. The van der Waals surface area contributed by atoms with Crippen molar-refractivity contribution in [1.29, 1.82) is 0 Å². The first-order chi connectivity index (χ1) is 25.3. The molecule has 0 radical (unpaired) electrons. The van der Waals surface area contributed by atoms with Crippen LogP contribution >= 0.6 is 0 Å². The van der Waals surface area contributed by atoms with E-state index in [2.05, 4.69) is 205 Å². The smallest absolute Gasteiger partial charge is 0.134 e. The molecule has 0 fully saturated rings. The van der Waals surface area contributed by atoms with E-state index in [1.54, 1.807) is 0 Å². The molecule has 1 spiro atoms. The van der Waals surface area contributed by atoms with Gasteiger partial charge in [-0.05, 0) is 87.0 Å². The molecule has 240 valence electrons. The molecule has 51 heavy (non-hydrogen) atoms. The van der Waals surface area contributed by atoms with Crippen molar-refractivity contribution in [2.24, 2.45) is 0 Å². The van der Waals surface area contributed by atoms with Crippen LogP contribution in [0.2, 0.25) is 0 Å². The zero-order valence-corrected chi connectivity index (χ0v) is 27.9. The van der Waals surface area contributed by atoms with Crippen molar-refractivity contribution in [3.8, 4) is 44.9 Å². The Hall–Kier alpha value is -6.64. The van der Waals surface area contributed by atoms with Crippen molar-refractivity contribution in [2.75, 3.05) is 4.90 Å². The number of nitrogens with zero attached hydrogens (tertiary/aromatic N) is 1. The number of fused-ring (bicyclic) bond motifs is 9. The highest BCUT2D eigenvalue weighted by Gasteiger charge is 2.51. The number of anilines is 3. The Morgan fingerprint density at radius 1 is 0.314 bits per heavy atom. The van der Waals surface area contributed by atoms with Crippen LogP contribution in [-0.4, -0.2) is 0 Å². The quantitative estimate of drug-likeness (QED) is 0.184. The first-order valence-electron chi connectivity index (χ1n) is 17.5. The molecule has 1 aliphatic carbocycles. The van der Waals surface area contributed by atoms with Crippen LogP contribution in [-0.2, 0) is 5.41 Å². The molecular weight excluding hydrogens is 619 g/mol. The lowest BCUT2D eigenvalue weighted by molar-refractivity contribution is 0.436. The zero-order valence-electron chi connectivity index (χ0n) is 27.9. The van der Waals surface area contributed by atoms with Crippen molar-refractivity contribution >= 4 is 17.1 Å². The van der Waals surface area contributed by atoms with E-state index < -0.39 is 5.41 Å². The summed E-state index contributed by atoms with van der Waals surface area (Å²) in [5.41, 5.74) is 14.9. The molecule has 0 unspecified atom stereocenters. The van der Waals surface area contributed by atoms with Gasteiger partial charge < -0.3 is 9.64 Å². The van der Waals surface area contributed by atoms with Gasteiger partial charge in [0.1, 0.15) is 11.5 Å². The lowest BCUT2D eigenvalue weighted by atomic mass is 9.66. The number of hydrogen-bond acceptors (Lipinski definition) is 2. The SMILES string of the molecule is c1ccc(-c2cccc(-c3cccc(N(c4ccccc4)c4ccc5c(c4)Oc4ccccc4C54c5ccccc5-c5ccccc54)c3)c2)cc1. The molecule has 8 aromatic carbocycles. The molecule has 2 nitrogen and oxygen atoms in total. The zero-order chi connectivity index (χ0) is 33.8. The number of ether oxygens (including phenoxy) is 1. The van der Waals surface area contributed by atoms with E-state index in [-0.39, 0.29) is 0 Å². The molecule has 1 heterocycles. The summed E-state index contributed by atoms with van der Waals surface area (Å²) in [7, 11) is 0. The monoisotopic (exact) mass is 651 g/mol. The number of para-hydroxylation sites is 2. The standard InChI is InChI=1S/C49H33NO/c1-3-15-34(16-4-1)35-17-13-18-36(31-35)37-19-14-22-39(32-37)50(38-20-5-2-6-21-38)40-29-30-46-48(33-40)51-47-28-12-11-27-45(47)49(46)43-25-9-7-23-41(43)42-24-8-10-26-44(42)49/h1-33H. The Bertz CT molecular complexity index is 2530. The highest BCUT2D eigenvalue weighted by Crippen LogP contribution is 2.62. The first kappa shape index (κ1) is 29.3. The summed E-state index contributed by atoms with van der Waals surface area (Å²) in [6, 6.07) is 71.9. The molecule has 10 rings (SSSR count). The number of rotatable bonds is 5. The molecule has 2 heteroatoms. The van der Waals surface area contributed by atoms with Crippen LogP contribution in [0.4, 0.5) is 17.1 Å². The van der Waals surface area contributed by atoms with Crippen LogP contribution in [0.5, 0.6) is 11.5 Å². The van der Waals surface area contributed by atoms with Crippen molar-refractivity contribution in [3.63, 3.8) is 0 Å². The van der Waals surface area contributed by atoms with Crippen molar-refractivity contribution in [2.45, 2.75) is 5.41 Å². The van der Waals surface area contributed by atoms with Crippen LogP contribution < -0.4 is 9.64 Å². The van der Waals surface area contributed by atoms with Gasteiger partial charge in [-0.3, -0.25) is 0 Å². The predicted octanol–water partition coefficient (Wildman–Crippen LogP) is 13.0.